The van der Waals surface area contributed by atoms with Crippen LogP contribution in [0.15, 0.2) is 0 Å². The largest absolute Gasteiger partial charge is 0.480 e. The Balaban J connectivity index is 4.79. The van der Waals surface area contributed by atoms with E-state index in [-0.39, 0.29) is 6.03 Å². The SMILES string of the molecule is CCC(CC)(NC(=O)N(CCCOC)CCOC)C(=O)O. The molecule has 0 aliphatic carbocycles. The van der Waals surface area contributed by atoms with Gasteiger partial charge in [-0.3, -0.25) is 0 Å². The molecule has 7 nitrogen and oxygen atoms in total. The van der Waals surface area contributed by atoms with Gasteiger partial charge in [-0.2, -0.15) is 0 Å². The molecule has 0 rings (SSSR count). The lowest BCUT2D eigenvalue weighted by molar-refractivity contribution is -0.144. The second kappa shape index (κ2) is 10.4. The van der Waals surface area contributed by atoms with Gasteiger partial charge in [0.1, 0.15) is 5.54 Å². The van der Waals surface area contributed by atoms with Gasteiger partial charge < -0.3 is 24.8 Å². The van der Waals surface area contributed by atoms with Crippen molar-refractivity contribution >= 4 is 12.0 Å². The topological polar surface area (TPSA) is 88.1 Å². The van der Waals surface area contributed by atoms with Crippen LogP contribution in [0.1, 0.15) is 33.1 Å². The van der Waals surface area contributed by atoms with Crippen molar-refractivity contribution in [1.29, 1.82) is 0 Å². The molecular formula is C14H28N2O5. The van der Waals surface area contributed by atoms with Crippen LogP contribution in [-0.4, -0.2) is 68.1 Å². The summed E-state index contributed by atoms with van der Waals surface area (Å²) < 4.78 is 9.96. The summed E-state index contributed by atoms with van der Waals surface area (Å²) in [6.45, 7) is 5.35. The molecular weight excluding hydrogens is 276 g/mol. The molecule has 0 aromatic heterocycles. The van der Waals surface area contributed by atoms with E-state index in [4.69, 9.17) is 9.47 Å². The van der Waals surface area contributed by atoms with E-state index in [1.165, 1.54) is 0 Å². The standard InChI is InChI=1S/C14H28N2O5/c1-5-14(6-2,12(17)18)15-13(19)16(9-11-21-4)8-7-10-20-3/h5-11H2,1-4H3,(H,15,19)(H,17,18). The molecule has 0 bridgehead atoms. The number of rotatable bonds is 11. The highest BCUT2D eigenvalue weighted by molar-refractivity contribution is 5.86. The molecule has 0 saturated carbocycles. The molecule has 0 aliphatic rings. The summed E-state index contributed by atoms with van der Waals surface area (Å²) in [4.78, 5) is 25.3. The minimum atomic E-state index is -1.22. The zero-order valence-corrected chi connectivity index (χ0v) is 13.5. The van der Waals surface area contributed by atoms with Crippen molar-refractivity contribution in [1.82, 2.24) is 10.2 Å². The number of methoxy groups -OCH3 is 2. The molecule has 0 heterocycles. The van der Waals surface area contributed by atoms with Gasteiger partial charge in [0.05, 0.1) is 6.61 Å². The molecule has 2 N–H and O–H groups in total. The summed E-state index contributed by atoms with van der Waals surface area (Å²) in [7, 11) is 3.16. The Kier molecular flexibility index (Phi) is 9.73. The Morgan fingerprint density at radius 2 is 1.67 bits per heavy atom. The highest BCUT2D eigenvalue weighted by Crippen LogP contribution is 2.16. The molecule has 0 atom stereocenters. The van der Waals surface area contributed by atoms with Gasteiger partial charge in [0.15, 0.2) is 0 Å². The van der Waals surface area contributed by atoms with Crippen molar-refractivity contribution in [2.75, 3.05) is 40.5 Å². The molecule has 0 unspecified atom stereocenters. The smallest absolute Gasteiger partial charge is 0.329 e. The third-order valence-electron chi connectivity index (χ3n) is 3.59. The Labute approximate surface area is 126 Å². The first-order chi connectivity index (χ1) is 9.97. The number of carbonyl (C=O) groups excluding carboxylic acids is 1. The zero-order chi connectivity index (χ0) is 16.3. The number of carbonyl (C=O) groups is 2. The number of hydrogen-bond acceptors (Lipinski definition) is 4. The Morgan fingerprint density at radius 3 is 2.10 bits per heavy atom. The van der Waals surface area contributed by atoms with Crippen LogP contribution in [0.2, 0.25) is 0 Å². The quantitative estimate of drug-likeness (QED) is 0.562. The monoisotopic (exact) mass is 304 g/mol. The van der Waals surface area contributed by atoms with E-state index in [0.29, 0.717) is 45.6 Å². The van der Waals surface area contributed by atoms with Crippen LogP contribution in [0, 0.1) is 0 Å². The maximum Gasteiger partial charge on any atom is 0.329 e. The molecule has 0 radical (unpaired) electrons. The molecule has 2 amide bonds. The summed E-state index contributed by atoms with van der Waals surface area (Å²) >= 11 is 0. The average molecular weight is 304 g/mol. The zero-order valence-electron chi connectivity index (χ0n) is 13.5. The molecule has 0 aromatic carbocycles. The van der Waals surface area contributed by atoms with E-state index in [2.05, 4.69) is 5.32 Å². The molecule has 0 aliphatic heterocycles. The number of nitrogens with zero attached hydrogens (tertiary/aromatic N) is 1. The van der Waals surface area contributed by atoms with Gasteiger partial charge in [-0.25, -0.2) is 9.59 Å². The second-order valence-corrected chi connectivity index (χ2v) is 4.85. The minimum Gasteiger partial charge on any atom is -0.480 e. The van der Waals surface area contributed by atoms with Crippen LogP contribution in [0.5, 0.6) is 0 Å². The summed E-state index contributed by atoms with van der Waals surface area (Å²) in [6, 6.07) is -0.380. The van der Waals surface area contributed by atoms with Crippen molar-refractivity contribution in [3.05, 3.63) is 0 Å². The van der Waals surface area contributed by atoms with Gasteiger partial charge in [0.2, 0.25) is 0 Å². The van der Waals surface area contributed by atoms with E-state index in [9.17, 15) is 14.7 Å². The van der Waals surface area contributed by atoms with E-state index in [1.54, 1.807) is 33.0 Å². The Hall–Kier alpha value is -1.34. The van der Waals surface area contributed by atoms with E-state index in [0.717, 1.165) is 0 Å². The lowest BCUT2D eigenvalue weighted by atomic mass is 9.93. The Bertz CT molecular complexity index is 318. The van der Waals surface area contributed by atoms with Crippen LogP contribution in [-0.2, 0) is 14.3 Å². The molecule has 0 saturated heterocycles. The number of carboxylic acid groups (broad SMARTS) is 1. The molecule has 0 aromatic rings. The summed E-state index contributed by atoms with van der Waals surface area (Å²) in [5.74, 6) is -1.01. The van der Waals surface area contributed by atoms with Gasteiger partial charge in [0.25, 0.3) is 0 Å². The average Bonchev–Trinajstić information content (AvgIpc) is 2.47. The number of amides is 2. The lowest BCUT2D eigenvalue weighted by Crippen LogP contribution is -2.57. The third kappa shape index (κ3) is 6.31. The lowest BCUT2D eigenvalue weighted by Gasteiger charge is -2.32. The number of hydrogen-bond donors (Lipinski definition) is 2. The highest BCUT2D eigenvalue weighted by atomic mass is 16.5. The maximum atomic E-state index is 12.3. The van der Waals surface area contributed by atoms with Gasteiger partial charge in [-0.05, 0) is 19.3 Å². The number of urea groups is 1. The fraction of sp³-hybridized carbons (Fsp3) is 0.857. The van der Waals surface area contributed by atoms with Gasteiger partial charge in [-0.1, -0.05) is 13.8 Å². The normalized spacial score (nSPS) is 11.2. The van der Waals surface area contributed by atoms with Crippen molar-refractivity contribution in [3.63, 3.8) is 0 Å². The molecule has 124 valence electrons. The summed E-state index contributed by atoms with van der Waals surface area (Å²) in [5.41, 5.74) is -1.22. The predicted octanol–water partition coefficient (Wildman–Crippen LogP) is 1.32. The van der Waals surface area contributed by atoms with Gasteiger partial charge in [0, 0.05) is 33.9 Å². The van der Waals surface area contributed by atoms with Crippen LogP contribution in [0.25, 0.3) is 0 Å². The molecule has 0 spiro atoms. The molecule has 21 heavy (non-hydrogen) atoms. The second-order valence-electron chi connectivity index (χ2n) is 4.85. The predicted molar refractivity (Wildman–Crippen MR) is 79.4 cm³/mol. The van der Waals surface area contributed by atoms with Crippen LogP contribution in [0.3, 0.4) is 0 Å². The number of carboxylic acids is 1. The van der Waals surface area contributed by atoms with Crippen LogP contribution in [0.4, 0.5) is 4.79 Å². The van der Waals surface area contributed by atoms with Gasteiger partial charge in [-0.15, -0.1) is 0 Å². The maximum absolute atomic E-state index is 12.3. The fourth-order valence-electron chi connectivity index (χ4n) is 1.98. The number of aliphatic carboxylic acids is 1. The van der Waals surface area contributed by atoms with Crippen molar-refractivity contribution in [3.8, 4) is 0 Å². The summed E-state index contributed by atoms with van der Waals surface area (Å²) in [5, 5.41) is 12.0. The summed E-state index contributed by atoms with van der Waals surface area (Å²) in [6.07, 6.45) is 1.35. The minimum absolute atomic E-state index is 0.334. The third-order valence-corrected chi connectivity index (χ3v) is 3.59. The van der Waals surface area contributed by atoms with Gasteiger partial charge >= 0.3 is 12.0 Å². The van der Waals surface area contributed by atoms with E-state index in [1.807, 2.05) is 0 Å². The van der Waals surface area contributed by atoms with E-state index >= 15 is 0 Å². The number of ether oxygens (including phenoxy) is 2. The first kappa shape index (κ1) is 19.7. The van der Waals surface area contributed by atoms with Crippen LogP contribution < -0.4 is 5.32 Å². The van der Waals surface area contributed by atoms with Crippen molar-refractivity contribution in [2.45, 2.75) is 38.6 Å². The fourth-order valence-corrected chi connectivity index (χ4v) is 1.98. The van der Waals surface area contributed by atoms with Crippen molar-refractivity contribution in [2.24, 2.45) is 0 Å². The van der Waals surface area contributed by atoms with Crippen molar-refractivity contribution < 1.29 is 24.2 Å². The Morgan fingerprint density at radius 1 is 1.10 bits per heavy atom. The molecule has 7 heteroatoms. The molecule has 0 fully saturated rings. The van der Waals surface area contributed by atoms with Crippen LogP contribution >= 0.6 is 0 Å². The van der Waals surface area contributed by atoms with E-state index < -0.39 is 11.5 Å². The number of nitrogens with one attached hydrogen (secondary N) is 1. The first-order valence-electron chi connectivity index (χ1n) is 7.25. The first-order valence-corrected chi connectivity index (χ1v) is 7.25. The highest BCUT2D eigenvalue weighted by Gasteiger charge is 2.37.